The molecule has 1 amide bonds. The van der Waals surface area contributed by atoms with Gasteiger partial charge in [0.25, 0.3) is 5.91 Å². The minimum atomic E-state index is -0.0863. The summed E-state index contributed by atoms with van der Waals surface area (Å²) in [4.78, 5) is 16.9. The second-order valence-corrected chi connectivity index (χ2v) is 7.28. The minimum absolute atomic E-state index is 0.0863. The Morgan fingerprint density at radius 3 is 2.73 bits per heavy atom. The lowest BCUT2D eigenvalue weighted by atomic mass is 9.96. The van der Waals surface area contributed by atoms with Gasteiger partial charge in [-0.2, -0.15) is 0 Å². The van der Waals surface area contributed by atoms with Crippen LogP contribution in [0.1, 0.15) is 53.6 Å². The van der Waals surface area contributed by atoms with Gasteiger partial charge in [-0.15, -0.1) is 10.2 Å². The Balaban J connectivity index is 1.46. The highest BCUT2D eigenvalue weighted by atomic mass is 16.5. The zero-order valence-corrected chi connectivity index (χ0v) is 15.5. The number of hydrogen-bond acceptors (Lipinski definition) is 6. The van der Waals surface area contributed by atoms with Crippen LogP contribution in [0.5, 0.6) is 0 Å². The van der Waals surface area contributed by atoms with Crippen LogP contribution in [0, 0.1) is 0 Å². The van der Waals surface area contributed by atoms with Crippen LogP contribution in [0.4, 0.5) is 0 Å². The molecule has 1 saturated heterocycles. The molecule has 4 heterocycles. The third-order valence-corrected chi connectivity index (χ3v) is 5.56. The topological polar surface area (TPSA) is 80.3 Å². The van der Waals surface area contributed by atoms with Crippen molar-refractivity contribution in [3.05, 3.63) is 29.2 Å². The highest BCUT2D eigenvalue weighted by molar-refractivity contribution is 5.91. The average Bonchev–Trinajstić information content (AvgIpc) is 3.24. The Morgan fingerprint density at radius 2 is 2.00 bits per heavy atom. The van der Waals surface area contributed by atoms with Gasteiger partial charge in [0.05, 0.1) is 5.69 Å². The van der Waals surface area contributed by atoms with Crippen LogP contribution in [-0.4, -0.2) is 68.9 Å². The maximum Gasteiger partial charge on any atom is 0.292 e. The van der Waals surface area contributed by atoms with Crippen molar-refractivity contribution in [1.82, 2.24) is 29.7 Å². The first-order chi connectivity index (χ1) is 12.7. The van der Waals surface area contributed by atoms with E-state index in [-0.39, 0.29) is 5.91 Å². The number of piperidine rings is 1. The Bertz CT molecular complexity index is 774. The highest BCUT2D eigenvalue weighted by Gasteiger charge is 2.28. The molecule has 1 fully saturated rings. The first-order valence-electron chi connectivity index (χ1n) is 9.51. The van der Waals surface area contributed by atoms with Gasteiger partial charge in [-0.05, 0) is 39.4 Å². The molecule has 0 aromatic carbocycles. The summed E-state index contributed by atoms with van der Waals surface area (Å²) in [7, 11) is 2.16. The van der Waals surface area contributed by atoms with Crippen LogP contribution in [0.3, 0.4) is 0 Å². The van der Waals surface area contributed by atoms with Crippen LogP contribution >= 0.6 is 0 Å². The van der Waals surface area contributed by atoms with E-state index in [1.807, 2.05) is 11.8 Å². The van der Waals surface area contributed by atoms with Gasteiger partial charge in [0, 0.05) is 38.0 Å². The van der Waals surface area contributed by atoms with Crippen molar-refractivity contribution in [3.8, 4) is 0 Å². The van der Waals surface area contributed by atoms with Crippen molar-refractivity contribution >= 4 is 5.91 Å². The molecule has 0 N–H and O–H groups in total. The second-order valence-electron chi connectivity index (χ2n) is 7.28. The van der Waals surface area contributed by atoms with Crippen LogP contribution in [0.25, 0.3) is 0 Å². The van der Waals surface area contributed by atoms with E-state index < -0.39 is 0 Å². The van der Waals surface area contributed by atoms with Gasteiger partial charge in [-0.1, -0.05) is 12.1 Å². The lowest BCUT2D eigenvalue weighted by Gasteiger charge is -2.28. The molecule has 2 aromatic heterocycles. The number of nitrogens with zero attached hydrogens (tertiary/aromatic N) is 6. The van der Waals surface area contributed by atoms with Crippen molar-refractivity contribution < 1.29 is 9.32 Å². The molecule has 0 spiro atoms. The van der Waals surface area contributed by atoms with Gasteiger partial charge in [0.15, 0.2) is 0 Å². The number of amides is 1. The summed E-state index contributed by atoms with van der Waals surface area (Å²) in [5.41, 5.74) is 0.810. The van der Waals surface area contributed by atoms with Crippen LogP contribution < -0.4 is 0 Å². The fourth-order valence-corrected chi connectivity index (χ4v) is 3.85. The van der Waals surface area contributed by atoms with Crippen molar-refractivity contribution in [2.75, 3.05) is 33.2 Å². The molecule has 2 aromatic rings. The Hall–Kier alpha value is -2.22. The van der Waals surface area contributed by atoms with Gasteiger partial charge in [0.2, 0.25) is 5.76 Å². The molecule has 0 saturated carbocycles. The maximum atomic E-state index is 12.7. The average molecular weight is 358 g/mol. The van der Waals surface area contributed by atoms with E-state index >= 15 is 0 Å². The molecule has 0 bridgehead atoms. The Morgan fingerprint density at radius 1 is 1.19 bits per heavy atom. The fraction of sp³-hybridized carbons (Fsp3) is 0.667. The lowest BCUT2D eigenvalue weighted by molar-refractivity contribution is 0.0716. The van der Waals surface area contributed by atoms with Crippen molar-refractivity contribution in [2.24, 2.45) is 0 Å². The predicted octanol–water partition coefficient (Wildman–Crippen LogP) is 1.34. The van der Waals surface area contributed by atoms with Gasteiger partial charge < -0.3 is 18.9 Å². The Labute approximate surface area is 153 Å². The number of rotatable bonds is 3. The van der Waals surface area contributed by atoms with Crippen LogP contribution in [-0.2, 0) is 19.4 Å². The number of likely N-dealkylation sites (tertiary alicyclic amines) is 1. The van der Waals surface area contributed by atoms with Gasteiger partial charge >= 0.3 is 0 Å². The van der Waals surface area contributed by atoms with E-state index in [0.717, 1.165) is 62.7 Å². The zero-order valence-electron chi connectivity index (χ0n) is 15.5. The summed E-state index contributed by atoms with van der Waals surface area (Å²) in [6.07, 6.45) is 3.72. The summed E-state index contributed by atoms with van der Waals surface area (Å²) in [5, 5.41) is 12.8. The molecular weight excluding hydrogens is 332 g/mol. The molecule has 2 aliphatic rings. The molecule has 0 atom stereocenters. The van der Waals surface area contributed by atoms with Crippen LogP contribution in [0.2, 0.25) is 0 Å². The van der Waals surface area contributed by atoms with E-state index in [4.69, 9.17) is 4.52 Å². The van der Waals surface area contributed by atoms with Crippen molar-refractivity contribution in [1.29, 1.82) is 0 Å². The number of carbonyl (C=O) groups is 1. The van der Waals surface area contributed by atoms with E-state index in [0.29, 0.717) is 24.8 Å². The highest BCUT2D eigenvalue weighted by Crippen LogP contribution is 2.27. The first-order valence-corrected chi connectivity index (χ1v) is 9.51. The standard InChI is InChI=1S/C18H26N6O2/c1-3-14-12-15(26-21-14)18(25)23-9-6-16-19-20-17(24(16)11-10-23)13-4-7-22(2)8-5-13/h12-13H,3-11H2,1-2H3. The smallest absolute Gasteiger partial charge is 0.292 e. The quantitative estimate of drug-likeness (QED) is 0.824. The van der Waals surface area contributed by atoms with Gasteiger partial charge in [0.1, 0.15) is 11.6 Å². The molecule has 2 aliphatic heterocycles. The molecule has 0 radical (unpaired) electrons. The molecule has 26 heavy (non-hydrogen) atoms. The molecule has 4 rings (SSSR count). The number of hydrogen-bond donors (Lipinski definition) is 0. The van der Waals surface area contributed by atoms with Crippen LogP contribution in [0.15, 0.2) is 10.6 Å². The van der Waals surface area contributed by atoms with E-state index in [9.17, 15) is 4.79 Å². The van der Waals surface area contributed by atoms with E-state index in [2.05, 4.69) is 31.9 Å². The predicted molar refractivity (Wildman–Crippen MR) is 95.0 cm³/mol. The summed E-state index contributed by atoms with van der Waals surface area (Å²) in [6, 6.07) is 1.75. The minimum Gasteiger partial charge on any atom is -0.351 e. The summed E-state index contributed by atoms with van der Waals surface area (Å²) < 4.78 is 7.46. The molecule has 0 aliphatic carbocycles. The zero-order chi connectivity index (χ0) is 18.1. The van der Waals surface area contributed by atoms with Crippen molar-refractivity contribution in [2.45, 2.75) is 45.1 Å². The SMILES string of the molecule is CCc1cc(C(=O)N2CCc3nnc(C4CCN(C)CC4)n3CC2)on1. The summed E-state index contributed by atoms with van der Waals surface area (Å²) in [5.74, 6) is 2.79. The lowest BCUT2D eigenvalue weighted by Crippen LogP contribution is -2.34. The molecule has 0 unspecified atom stereocenters. The summed E-state index contributed by atoms with van der Waals surface area (Å²) in [6.45, 7) is 6.21. The number of fused-ring (bicyclic) bond motifs is 1. The number of carbonyl (C=O) groups excluding carboxylic acids is 1. The van der Waals surface area contributed by atoms with Gasteiger partial charge in [-0.3, -0.25) is 4.79 Å². The number of aryl methyl sites for hydroxylation is 1. The van der Waals surface area contributed by atoms with Gasteiger partial charge in [-0.25, -0.2) is 0 Å². The fourth-order valence-electron chi connectivity index (χ4n) is 3.85. The molecule has 8 heteroatoms. The normalized spacial score (nSPS) is 19.4. The summed E-state index contributed by atoms with van der Waals surface area (Å²) >= 11 is 0. The van der Waals surface area contributed by atoms with E-state index in [1.165, 1.54) is 0 Å². The Kier molecular flexibility index (Phi) is 4.76. The van der Waals surface area contributed by atoms with Crippen molar-refractivity contribution in [3.63, 3.8) is 0 Å². The third-order valence-electron chi connectivity index (χ3n) is 5.56. The molecule has 140 valence electrons. The first kappa shape index (κ1) is 17.2. The maximum absolute atomic E-state index is 12.7. The molecule has 8 nitrogen and oxygen atoms in total. The molecular formula is C18H26N6O2. The second kappa shape index (κ2) is 7.19. The monoisotopic (exact) mass is 358 g/mol. The van der Waals surface area contributed by atoms with E-state index in [1.54, 1.807) is 6.07 Å². The largest absolute Gasteiger partial charge is 0.351 e. The number of aromatic nitrogens is 4. The third kappa shape index (κ3) is 3.25.